The summed E-state index contributed by atoms with van der Waals surface area (Å²) in [7, 11) is 0. The van der Waals surface area contributed by atoms with E-state index in [1.807, 2.05) is 25.1 Å². The second-order valence-corrected chi connectivity index (χ2v) is 6.51. The first-order valence-electron chi connectivity index (χ1n) is 8.51. The summed E-state index contributed by atoms with van der Waals surface area (Å²) < 4.78 is 5.62. The number of hydrogen-bond donors (Lipinski definition) is 0. The fourth-order valence-corrected chi connectivity index (χ4v) is 3.45. The molecule has 0 aliphatic carbocycles. The van der Waals surface area contributed by atoms with Crippen LogP contribution in [0.5, 0.6) is 5.75 Å². The molecule has 6 nitrogen and oxygen atoms in total. The van der Waals surface area contributed by atoms with Gasteiger partial charge in [0.1, 0.15) is 18.4 Å². The van der Waals surface area contributed by atoms with Crippen molar-refractivity contribution in [2.45, 2.75) is 19.9 Å². The zero-order valence-corrected chi connectivity index (χ0v) is 14.6. The summed E-state index contributed by atoms with van der Waals surface area (Å²) in [5.74, 6) is -0.521. The highest BCUT2D eigenvalue weighted by Crippen LogP contribution is 2.34. The molecule has 1 unspecified atom stereocenters. The fourth-order valence-electron chi connectivity index (χ4n) is 3.45. The Kier molecular flexibility index (Phi) is 3.76. The Bertz CT molecular complexity index is 902. The Morgan fingerprint density at radius 2 is 1.73 bits per heavy atom. The van der Waals surface area contributed by atoms with Crippen molar-refractivity contribution in [1.29, 1.82) is 0 Å². The third-order valence-corrected chi connectivity index (χ3v) is 4.81. The predicted molar refractivity (Wildman–Crippen MR) is 95.4 cm³/mol. The molecule has 0 saturated heterocycles. The van der Waals surface area contributed by atoms with Gasteiger partial charge in [-0.15, -0.1) is 0 Å². The molecule has 0 aromatic heterocycles. The molecular formula is C20H18N2O4. The van der Waals surface area contributed by atoms with Crippen molar-refractivity contribution in [3.8, 4) is 5.75 Å². The van der Waals surface area contributed by atoms with Gasteiger partial charge in [0.05, 0.1) is 23.4 Å². The Morgan fingerprint density at radius 1 is 1.08 bits per heavy atom. The van der Waals surface area contributed by atoms with Crippen molar-refractivity contribution in [2.75, 3.05) is 18.1 Å². The molecule has 0 radical (unpaired) electrons. The highest BCUT2D eigenvalue weighted by molar-refractivity contribution is 6.23. The molecular weight excluding hydrogens is 332 g/mol. The summed E-state index contributed by atoms with van der Waals surface area (Å²) in [4.78, 5) is 41.1. The lowest BCUT2D eigenvalue weighted by molar-refractivity contribution is -0.122. The van der Waals surface area contributed by atoms with Crippen LogP contribution in [-0.2, 0) is 4.79 Å². The van der Waals surface area contributed by atoms with Gasteiger partial charge in [-0.25, -0.2) is 0 Å². The third-order valence-electron chi connectivity index (χ3n) is 4.81. The van der Waals surface area contributed by atoms with Gasteiger partial charge >= 0.3 is 0 Å². The first kappa shape index (κ1) is 16.3. The van der Waals surface area contributed by atoms with Crippen molar-refractivity contribution in [3.63, 3.8) is 0 Å². The summed E-state index contributed by atoms with van der Waals surface area (Å²) in [6.45, 7) is 4.28. The van der Waals surface area contributed by atoms with Crippen molar-refractivity contribution < 1.29 is 19.1 Å². The van der Waals surface area contributed by atoms with Crippen LogP contribution in [0.2, 0.25) is 0 Å². The summed E-state index contributed by atoms with van der Waals surface area (Å²) >= 11 is 0. The number of imide groups is 1. The van der Waals surface area contributed by atoms with Crippen LogP contribution in [0.25, 0.3) is 0 Å². The molecule has 2 aliphatic rings. The Labute approximate surface area is 151 Å². The molecule has 0 bridgehead atoms. The van der Waals surface area contributed by atoms with E-state index in [1.54, 1.807) is 36.1 Å². The van der Waals surface area contributed by atoms with Gasteiger partial charge in [-0.1, -0.05) is 18.2 Å². The second-order valence-electron chi connectivity index (χ2n) is 6.51. The summed E-state index contributed by atoms with van der Waals surface area (Å²) in [5, 5.41) is 0. The van der Waals surface area contributed by atoms with Gasteiger partial charge in [-0.05, 0) is 43.7 Å². The number of carbonyl (C=O) groups is 3. The average Bonchev–Trinajstić information content (AvgIpc) is 2.91. The Hall–Kier alpha value is -3.15. The molecule has 26 heavy (non-hydrogen) atoms. The van der Waals surface area contributed by atoms with E-state index in [2.05, 4.69) is 0 Å². The minimum Gasteiger partial charge on any atom is -0.490 e. The molecule has 4 rings (SSSR count). The van der Waals surface area contributed by atoms with E-state index in [0.717, 1.165) is 10.5 Å². The number of anilines is 1. The zero-order valence-electron chi connectivity index (χ0n) is 14.6. The Balaban J connectivity index is 1.66. The Morgan fingerprint density at radius 3 is 2.38 bits per heavy atom. The lowest BCUT2D eigenvalue weighted by Gasteiger charge is -2.33. The van der Waals surface area contributed by atoms with Crippen molar-refractivity contribution in [2.24, 2.45) is 0 Å². The molecule has 0 saturated carbocycles. The van der Waals surface area contributed by atoms with E-state index < -0.39 is 17.9 Å². The second kappa shape index (κ2) is 5.98. The van der Waals surface area contributed by atoms with Gasteiger partial charge < -0.3 is 9.64 Å². The minimum absolute atomic E-state index is 0.297. The van der Waals surface area contributed by atoms with Gasteiger partial charge in [-0.3, -0.25) is 19.3 Å². The number of rotatable bonds is 2. The van der Waals surface area contributed by atoms with Gasteiger partial charge in [0.2, 0.25) is 5.91 Å². The van der Waals surface area contributed by atoms with Crippen molar-refractivity contribution in [1.82, 2.24) is 4.90 Å². The summed E-state index contributed by atoms with van der Waals surface area (Å²) in [6, 6.07) is 11.4. The topological polar surface area (TPSA) is 66.9 Å². The van der Waals surface area contributed by atoms with E-state index in [1.165, 1.54) is 0 Å². The highest BCUT2D eigenvalue weighted by Gasteiger charge is 2.42. The molecule has 6 heteroatoms. The number of amides is 3. The fraction of sp³-hybridized carbons (Fsp3) is 0.250. The number of carbonyl (C=O) groups excluding carboxylic acids is 3. The standard InChI is InChI=1S/C20H18N2O4/c1-12-7-8-17-16(11-12)21(9-10-26-17)18(23)13(2)22-19(24)14-5-3-4-6-15(14)20(22)25/h3-8,11,13H,9-10H2,1-2H3. The molecule has 2 aromatic rings. The van der Waals surface area contributed by atoms with Crippen LogP contribution in [0.1, 0.15) is 33.2 Å². The molecule has 2 heterocycles. The van der Waals surface area contributed by atoms with E-state index >= 15 is 0 Å². The molecule has 0 fully saturated rings. The minimum atomic E-state index is -0.895. The maximum atomic E-state index is 13.1. The summed E-state index contributed by atoms with van der Waals surface area (Å²) in [6.07, 6.45) is 0. The van der Waals surface area contributed by atoms with E-state index in [4.69, 9.17) is 4.74 Å². The van der Waals surface area contributed by atoms with Crippen molar-refractivity contribution >= 4 is 23.4 Å². The quantitative estimate of drug-likeness (QED) is 0.780. The van der Waals surface area contributed by atoms with Gasteiger partial charge in [0.25, 0.3) is 11.8 Å². The lowest BCUT2D eigenvalue weighted by Crippen LogP contribution is -2.51. The van der Waals surface area contributed by atoms with E-state index in [9.17, 15) is 14.4 Å². The first-order valence-corrected chi connectivity index (χ1v) is 8.51. The van der Waals surface area contributed by atoms with E-state index in [-0.39, 0.29) is 5.91 Å². The molecule has 0 spiro atoms. The highest BCUT2D eigenvalue weighted by atomic mass is 16.5. The molecule has 1 atom stereocenters. The SMILES string of the molecule is Cc1ccc2c(c1)N(C(=O)C(C)N1C(=O)c3ccccc3C1=O)CCO2. The molecule has 2 aliphatic heterocycles. The number of aryl methyl sites for hydroxylation is 1. The van der Waals surface area contributed by atoms with E-state index in [0.29, 0.717) is 35.7 Å². The lowest BCUT2D eigenvalue weighted by atomic mass is 10.1. The van der Waals surface area contributed by atoms with Crippen LogP contribution in [0.4, 0.5) is 5.69 Å². The maximum Gasteiger partial charge on any atom is 0.262 e. The molecule has 0 N–H and O–H groups in total. The van der Waals surface area contributed by atoms with Gasteiger partial charge in [0, 0.05) is 0 Å². The number of ether oxygens (including phenoxy) is 1. The normalized spacial score (nSPS) is 16.8. The number of hydrogen-bond acceptors (Lipinski definition) is 4. The summed E-state index contributed by atoms with van der Waals surface area (Å²) in [5.41, 5.74) is 2.36. The van der Waals surface area contributed by atoms with Gasteiger partial charge in [0.15, 0.2) is 0 Å². The number of nitrogens with zero attached hydrogens (tertiary/aromatic N) is 2. The smallest absolute Gasteiger partial charge is 0.262 e. The first-order chi connectivity index (χ1) is 12.5. The molecule has 3 amide bonds. The average molecular weight is 350 g/mol. The van der Waals surface area contributed by atoms with Gasteiger partial charge in [-0.2, -0.15) is 0 Å². The van der Waals surface area contributed by atoms with Crippen LogP contribution in [0.3, 0.4) is 0 Å². The monoisotopic (exact) mass is 350 g/mol. The number of benzene rings is 2. The third kappa shape index (κ3) is 2.37. The predicted octanol–water partition coefficient (Wildman–Crippen LogP) is 2.41. The van der Waals surface area contributed by atoms with Crippen LogP contribution >= 0.6 is 0 Å². The van der Waals surface area contributed by atoms with Crippen molar-refractivity contribution in [3.05, 3.63) is 59.2 Å². The van der Waals surface area contributed by atoms with Crippen LogP contribution < -0.4 is 9.64 Å². The molecule has 2 aromatic carbocycles. The van der Waals surface area contributed by atoms with Crippen LogP contribution in [0.15, 0.2) is 42.5 Å². The number of fused-ring (bicyclic) bond motifs is 2. The van der Waals surface area contributed by atoms with Crippen LogP contribution in [-0.4, -0.2) is 41.8 Å². The zero-order chi connectivity index (χ0) is 18.4. The largest absolute Gasteiger partial charge is 0.490 e. The molecule has 132 valence electrons. The maximum absolute atomic E-state index is 13.1. The van der Waals surface area contributed by atoms with Crippen LogP contribution in [0, 0.1) is 6.92 Å².